The maximum atomic E-state index is 13.2. The molecule has 1 saturated heterocycles. The fourth-order valence-electron chi connectivity index (χ4n) is 4.44. The van der Waals surface area contributed by atoms with Crippen molar-refractivity contribution >= 4 is 45.9 Å². The number of carbonyl (C=O) groups excluding carboxylic acids is 1. The van der Waals surface area contributed by atoms with E-state index in [0.717, 1.165) is 70.4 Å². The third kappa shape index (κ3) is 6.07. The van der Waals surface area contributed by atoms with Crippen LogP contribution < -0.4 is 15.1 Å². The monoisotopic (exact) mass is 498 g/mol. The number of hydrogen-bond donors (Lipinski definition) is 4. The zero-order valence-electron chi connectivity index (χ0n) is 20.5. The van der Waals surface area contributed by atoms with Crippen LogP contribution in [0, 0.1) is 19.8 Å². The Bertz CT molecular complexity index is 1130. The molecule has 3 aromatic rings. The highest BCUT2D eigenvalue weighted by Crippen LogP contribution is 2.33. The van der Waals surface area contributed by atoms with E-state index in [-0.39, 0.29) is 11.8 Å². The van der Waals surface area contributed by atoms with Crippen LogP contribution in [0.4, 0.5) is 17.1 Å². The molecule has 0 spiro atoms. The molecule has 1 unspecified atom stereocenters. The van der Waals surface area contributed by atoms with Crippen molar-refractivity contribution in [2.45, 2.75) is 33.1 Å². The van der Waals surface area contributed by atoms with Crippen molar-refractivity contribution in [2.24, 2.45) is 5.92 Å². The second-order valence-corrected chi connectivity index (χ2v) is 9.86. The van der Waals surface area contributed by atoms with Gasteiger partial charge in [-0.25, -0.2) is 4.31 Å². The minimum absolute atomic E-state index is 0.00131. The lowest BCUT2D eigenvalue weighted by atomic mass is 9.98. The summed E-state index contributed by atoms with van der Waals surface area (Å²) in [4.78, 5) is 13.2. The minimum Gasteiger partial charge on any atom is -0.385 e. The van der Waals surface area contributed by atoms with Crippen molar-refractivity contribution in [1.29, 1.82) is 0 Å². The first-order valence-corrected chi connectivity index (χ1v) is 12.7. The van der Waals surface area contributed by atoms with Gasteiger partial charge in [0.05, 0.1) is 29.4 Å². The Morgan fingerprint density at radius 3 is 2.71 bits per heavy atom. The molecule has 35 heavy (non-hydrogen) atoms. The third-order valence-corrected chi connectivity index (χ3v) is 7.15. The highest BCUT2D eigenvalue weighted by molar-refractivity contribution is 7.98. The predicted molar refractivity (Wildman–Crippen MR) is 142 cm³/mol. The summed E-state index contributed by atoms with van der Waals surface area (Å²) in [6.07, 6.45) is 2.62. The van der Waals surface area contributed by atoms with Crippen LogP contribution in [0.1, 0.15) is 30.7 Å². The number of piperidine rings is 1. The van der Waals surface area contributed by atoms with E-state index in [1.807, 2.05) is 48.5 Å². The Kier molecular flexibility index (Phi) is 8.50. The summed E-state index contributed by atoms with van der Waals surface area (Å²) in [7, 11) is 1.71. The number of H-pyrrole nitrogens is 1. The van der Waals surface area contributed by atoms with Gasteiger partial charge in [0.1, 0.15) is 5.69 Å². The minimum atomic E-state index is -0.165. The van der Waals surface area contributed by atoms with Crippen molar-refractivity contribution in [3.63, 3.8) is 0 Å². The number of aromatic amines is 1. The molecule has 4 rings (SSSR count). The molecule has 1 aromatic heterocycles. The summed E-state index contributed by atoms with van der Waals surface area (Å²) in [6, 6.07) is 12.1. The average molecular weight is 499 g/mol. The average Bonchev–Trinajstić information content (AvgIpc) is 3.20. The van der Waals surface area contributed by atoms with Gasteiger partial charge in [0.2, 0.25) is 5.91 Å². The zero-order valence-corrected chi connectivity index (χ0v) is 21.3. The number of ether oxygens (including phenoxy) is 1. The Labute approximate surface area is 210 Å². The molecule has 4 N–H and O–H groups in total. The smallest absolute Gasteiger partial charge is 0.228 e. The summed E-state index contributed by atoms with van der Waals surface area (Å²) >= 11 is 1.21. The van der Waals surface area contributed by atoms with Crippen LogP contribution in [0.25, 0.3) is 10.8 Å². The molecule has 1 fully saturated rings. The molecule has 0 aliphatic carbocycles. The number of rotatable bonds is 10. The second kappa shape index (κ2) is 11.8. The van der Waals surface area contributed by atoms with Crippen LogP contribution in [0.5, 0.6) is 0 Å². The number of aromatic nitrogens is 2. The molecule has 0 bridgehead atoms. The molecular formula is C25H34N6O3S. The Balaban J connectivity index is 1.41. The summed E-state index contributed by atoms with van der Waals surface area (Å²) in [5, 5.41) is 26.3. The van der Waals surface area contributed by atoms with Gasteiger partial charge in [-0.15, -0.1) is 0 Å². The predicted octanol–water partition coefficient (Wildman–Crippen LogP) is 4.74. The first-order chi connectivity index (χ1) is 17.0. The maximum Gasteiger partial charge on any atom is 0.228 e. The van der Waals surface area contributed by atoms with Gasteiger partial charge < -0.3 is 15.4 Å². The molecule has 1 aliphatic rings. The molecule has 0 saturated carbocycles. The van der Waals surface area contributed by atoms with E-state index in [9.17, 15) is 10.0 Å². The first kappa shape index (κ1) is 25.3. The van der Waals surface area contributed by atoms with Crippen molar-refractivity contribution < 1.29 is 14.7 Å². The van der Waals surface area contributed by atoms with Crippen LogP contribution in [-0.2, 0) is 9.53 Å². The van der Waals surface area contributed by atoms with E-state index in [0.29, 0.717) is 18.8 Å². The van der Waals surface area contributed by atoms with Gasteiger partial charge in [-0.1, -0.05) is 24.3 Å². The van der Waals surface area contributed by atoms with E-state index < -0.39 is 0 Å². The number of hydrogen-bond acceptors (Lipinski definition) is 8. The molecule has 2 heterocycles. The van der Waals surface area contributed by atoms with Crippen LogP contribution >= 0.6 is 12.1 Å². The zero-order chi connectivity index (χ0) is 24.8. The molecule has 10 heteroatoms. The van der Waals surface area contributed by atoms with E-state index >= 15 is 0 Å². The number of methoxy groups -OCH3 is 1. The van der Waals surface area contributed by atoms with Gasteiger partial charge >= 0.3 is 0 Å². The van der Waals surface area contributed by atoms with Crippen molar-refractivity contribution in [2.75, 3.05) is 48.5 Å². The second-order valence-electron chi connectivity index (χ2n) is 8.83. The SMILES string of the molecule is COCCCNc1ccc(NC(=O)C2CCCN(SN(O)c3c(C)n[nH]c3C)C2)c2ccccc12. The van der Waals surface area contributed by atoms with Gasteiger partial charge in [0.15, 0.2) is 0 Å². The van der Waals surface area contributed by atoms with Gasteiger partial charge in [-0.3, -0.25) is 15.1 Å². The first-order valence-electron chi connectivity index (χ1n) is 12.0. The molecule has 1 aliphatic heterocycles. The van der Waals surface area contributed by atoms with E-state index in [4.69, 9.17) is 4.74 Å². The van der Waals surface area contributed by atoms with Gasteiger partial charge in [0.25, 0.3) is 0 Å². The normalized spacial score (nSPS) is 16.4. The number of nitrogens with one attached hydrogen (secondary N) is 3. The van der Waals surface area contributed by atoms with Crippen LogP contribution in [0.2, 0.25) is 0 Å². The molecule has 9 nitrogen and oxygen atoms in total. The quantitative estimate of drug-likeness (QED) is 0.181. The number of aryl methyl sites for hydroxylation is 2. The van der Waals surface area contributed by atoms with Crippen LogP contribution in [0.3, 0.4) is 0 Å². The number of nitrogens with zero attached hydrogens (tertiary/aromatic N) is 3. The molecule has 1 atom stereocenters. The Morgan fingerprint density at radius 2 is 2.00 bits per heavy atom. The molecule has 1 amide bonds. The topological polar surface area (TPSA) is 106 Å². The molecule has 188 valence electrons. The number of amides is 1. The molecule has 2 aromatic carbocycles. The van der Waals surface area contributed by atoms with Gasteiger partial charge in [0, 0.05) is 55.5 Å². The van der Waals surface area contributed by atoms with E-state index in [2.05, 4.69) is 26.9 Å². The lowest BCUT2D eigenvalue weighted by molar-refractivity contribution is -0.120. The van der Waals surface area contributed by atoms with Crippen molar-refractivity contribution in [3.05, 3.63) is 47.8 Å². The lowest BCUT2D eigenvalue weighted by Crippen LogP contribution is -2.39. The fraction of sp³-hybridized carbons (Fsp3) is 0.440. The fourth-order valence-corrected chi connectivity index (χ4v) is 5.47. The highest BCUT2D eigenvalue weighted by atomic mass is 32.2. The Morgan fingerprint density at radius 1 is 1.26 bits per heavy atom. The lowest BCUT2D eigenvalue weighted by Gasteiger charge is -2.32. The standard InChI is InChI=1S/C25H34N6O3S/c1-17-24(18(2)29-28-17)31(33)35-30-14-6-8-19(16-30)25(32)27-23-12-11-22(26-13-7-15-34-3)20-9-4-5-10-21(20)23/h4-5,9-12,19,26,33H,6-8,13-16H2,1-3H3,(H,27,32)(H,28,29). The van der Waals surface area contributed by atoms with Crippen molar-refractivity contribution in [3.8, 4) is 0 Å². The number of fused-ring (bicyclic) bond motifs is 1. The van der Waals surface area contributed by atoms with Gasteiger partial charge in [-0.2, -0.15) is 9.57 Å². The number of anilines is 3. The van der Waals surface area contributed by atoms with Gasteiger partial charge in [-0.05, 0) is 45.2 Å². The number of carbonyl (C=O) groups is 1. The summed E-state index contributed by atoms with van der Waals surface area (Å²) in [6.45, 7) is 6.61. The Hall–Kier alpha value is -2.79. The molecular weight excluding hydrogens is 464 g/mol. The summed E-state index contributed by atoms with van der Waals surface area (Å²) < 4.78 is 8.30. The highest BCUT2D eigenvalue weighted by Gasteiger charge is 2.29. The van der Waals surface area contributed by atoms with E-state index in [1.165, 1.54) is 12.1 Å². The number of benzene rings is 2. The third-order valence-electron chi connectivity index (χ3n) is 6.25. The molecule has 0 radical (unpaired) electrons. The maximum absolute atomic E-state index is 13.2. The van der Waals surface area contributed by atoms with Crippen molar-refractivity contribution in [1.82, 2.24) is 14.5 Å². The van der Waals surface area contributed by atoms with Crippen LogP contribution in [-0.4, -0.2) is 59.0 Å². The largest absolute Gasteiger partial charge is 0.385 e. The van der Waals surface area contributed by atoms with E-state index in [1.54, 1.807) is 7.11 Å². The summed E-state index contributed by atoms with van der Waals surface area (Å²) in [5.74, 6) is -0.164. The van der Waals surface area contributed by atoms with Crippen LogP contribution in [0.15, 0.2) is 36.4 Å². The summed E-state index contributed by atoms with van der Waals surface area (Å²) in [5.41, 5.74) is 4.04.